The van der Waals surface area contributed by atoms with E-state index in [1.165, 1.54) is 4.90 Å². The van der Waals surface area contributed by atoms with Gasteiger partial charge in [-0.3, -0.25) is 14.5 Å². The molecule has 1 aliphatic rings. The van der Waals surface area contributed by atoms with Crippen LogP contribution in [0.5, 0.6) is 5.75 Å². The highest BCUT2D eigenvalue weighted by molar-refractivity contribution is 6.09. The molecular weight excluding hydrogens is 358 g/mol. The number of carbonyl (C=O) groups excluding carboxylic acids is 3. The van der Waals surface area contributed by atoms with Crippen molar-refractivity contribution in [1.82, 2.24) is 15.1 Å². The highest BCUT2D eigenvalue weighted by Crippen LogP contribution is 2.30. The number of hydrogen-bond acceptors (Lipinski definition) is 4. The van der Waals surface area contributed by atoms with Gasteiger partial charge in [0.15, 0.2) is 0 Å². The van der Waals surface area contributed by atoms with E-state index in [0.717, 1.165) is 10.5 Å². The molecule has 1 fully saturated rings. The monoisotopic (exact) mass is 381 g/mol. The zero-order chi connectivity index (χ0) is 20.3. The summed E-state index contributed by atoms with van der Waals surface area (Å²) in [7, 11) is 3.20. The van der Waals surface area contributed by atoms with Crippen molar-refractivity contribution in [2.45, 2.75) is 19.0 Å². The lowest BCUT2D eigenvalue weighted by molar-refractivity contribution is -0.138. The smallest absolute Gasteiger partial charge is 0.325 e. The number of carbonyl (C=O) groups is 3. The van der Waals surface area contributed by atoms with E-state index in [9.17, 15) is 14.4 Å². The number of nitrogens with zero attached hydrogens (tertiary/aromatic N) is 2. The Morgan fingerprint density at radius 1 is 1.11 bits per heavy atom. The Kier molecular flexibility index (Phi) is 5.35. The molecule has 1 N–H and O–H groups in total. The number of hydrogen-bond donors (Lipinski definition) is 1. The minimum Gasteiger partial charge on any atom is -0.497 e. The topological polar surface area (TPSA) is 79.0 Å². The van der Waals surface area contributed by atoms with Crippen molar-refractivity contribution >= 4 is 17.8 Å². The second-order valence-electron chi connectivity index (χ2n) is 6.91. The molecule has 146 valence electrons. The second kappa shape index (κ2) is 7.72. The number of amides is 4. The van der Waals surface area contributed by atoms with Gasteiger partial charge in [0, 0.05) is 13.6 Å². The normalized spacial score (nSPS) is 18.8. The maximum atomic E-state index is 12.9. The van der Waals surface area contributed by atoms with Crippen LogP contribution in [0.2, 0.25) is 0 Å². The summed E-state index contributed by atoms with van der Waals surface area (Å²) in [5.74, 6) is -0.117. The molecule has 1 aliphatic heterocycles. The maximum Gasteiger partial charge on any atom is 0.325 e. The number of imide groups is 1. The van der Waals surface area contributed by atoms with Gasteiger partial charge in [-0.15, -0.1) is 0 Å². The molecule has 0 radical (unpaired) electrons. The molecule has 7 heteroatoms. The Morgan fingerprint density at radius 2 is 1.75 bits per heavy atom. The predicted octanol–water partition coefficient (Wildman–Crippen LogP) is 2.12. The van der Waals surface area contributed by atoms with Gasteiger partial charge in [-0.05, 0) is 30.2 Å². The minimum absolute atomic E-state index is 0.306. The van der Waals surface area contributed by atoms with E-state index in [2.05, 4.69) is 5.32 Å². The molecule has 2 aromatic carbocycles. The number of rotatable bonds is 6. The van der Waals surface area contributed by atoms with Gasteiger partial charge in [0.25, 0.3) is 5.91 Å². The van der Waals surface area contributed by atoms with Gasteiger partial charge in [0.2, 0.25) is 5.91 Å². The molecule has 0 saturated carbocycles. The molecule has 28 heavy (non-hydrogen) atoms. The third-order valence-corrected chi connectivity index (χ3v) is 4.92. The third kappa shape index (κ3) is 3.69. The first kappa shape index (κ1) is 19.4. The molecule has 0 aromatic heterocycles. The number of nitrogens with one attached hydrogen (secondary N) is 1. The fraction of sp³-hybridized carbons (Fsp3) is 0.286. The lowest BCUT2D eigenvalue weighted by Gasteiger charge is -2.23. The Balaban J connectivity index is 1.71. The van der Waals surface area contributed by atoms with Crippen molar-refractivity contribution in [3.05, 3.63) is 65.7 Å². The van der Waals surface area contributed by atoms with E-state index in [-0.39, 0.29) is 12.5 Å². The zero-order valence-corrected chi connectivity index (χ0v) is 16.1. The predicted molar refractivity (Wildman–Crippen MR) is 104 cm³/mol. The van der Waals surface area contributed by atoms with E-state index in [1.54, 1.807) is 45.3 Å². The summed E-state index contributed by atoms with van der Waals surface area (Å²) in [6.07, 6.45) is 0. The van der Waals surface area contributed by atoms with Crippen LogP contribution in [0.4, 0.5) is 4.79 Å². The summed E-state index contributed by atoms with van der Waals surface area (Å²) in [4.78, 5) is 40.4. The quantitative estimate of drug-likeness (QED) is 0.778. The molecule has 4 amide bonds. The number of likely N-dealkylation sites (N-methyl/N-ethyl adjacent to an activating group) is 1. The molecular formula is C21H23N3O4. The lowest BCUT2D eigenvalue weighted by atomic mass is 9.92. The number of ether oxygens (including phenoxy) is 1. The van der Waals surface area contributed by atoms with E-state index in [1.807, 2.05) is 30.3 Å². The standard InChI is InChI=1S/C21H23N3O4/c1-21(16-9-11-17(28-3)12-10-16)19(26)24(20(27)22-21)14-18(25)23(2)13-15-7-5-4-6-8-15/h4-12H,13-14H2,1-3H3,(H,22,27). The van der Waals surface area contributed by atoms with Crippen molar-refractivity contribution in [1.29, 1.82) is 0 Å². The minimum atomic E-state index is -1.22. The Morgan fingerprint density at radius 3 is 2.36 bits per heavy atom. The molecule has 7 nitrogen and oxygen atoms in total. The Labute approximate surface area is 163 Å². The Hall–Kier alpha value is -3.35. The highest BCUT2D eigenvalue weighted by Gasteiger charge is 2.49. The lowest BCUT2D eigenvalue weighted by Crippen LogP contribution is -2.43. The molecule has 1 saturated heterocycles. The van der Waals surface area contributed by atoms with Gasteiger partial charge >= 0.3 is 6.03 Å². The zero-order valence-electron chi connectivity index (χ0n) is 16.1. The van der Waals surface area contributed by atoms with Crippen molar-refractivity contribution in [2.24, 2.45) is 0 Å². The van der Waals surface area contributed by atoms with Gasteiger partial charge in [-0.25, -0.2) is 4.79 Å². The van der Waals surface area contributed by atoms with Crippen LogP contribution in [0, 0.1) is 0 Å². The molecule has 1 unspecified atom stereocenters. The summed E-state index contributed by atoms with van der Waals surface area (Å²) in [6, 6.07) is 15.8. The average molecular weight is 381 g/mol. The number of methoxy groups -OCH3 is 1. The molecule has 1 heterocycles. The molecule has 0 bridgehead atoms. The van der Waals surface area contributed by atoms with Gasteiger partial charge < -0.3 is 15.0 Å². The van der Waals surface area contributed by atoms with E-state index < -0.39 is 17.5 Å². The van der Waals surface area contributed by atoms with Crippen molar-refractivity contribution in [2.75, 3.05) is 20.7 Å². The first-order valence-electron chi connectivity index (χ1n) is 8.91. The van der Waals surface area contributed by atoms with Crippen LogP contribution in [-0.2, 0) is 21.7 Å². The first-order valence-corrected chi connectivity index (χ1v) is 8.91. The third-order valence-electron chi connectivity index (χ3n) is 4.92. The molecule has 0 aliphatic carbocycles. The molecule has 0 spiro atoms. The van der Waals surface area contributed by atoms with E-state index in [0.29, 0.717) is 17.9 Å². The van der Waals surface area contributed by atoms with Gasteiger partial charge in [0.1, 0.15) is 17.8 Å². The molecule has 2 aromatic rings. The molecule has 3 rings (SSSR count). The van der Waals surface area contributed by atoms with Crippen LogP contribution in [0.1, 0.15) is 18.1 Å². The summed E-state index contributed by atoms with van der Waals surface area (Å²) in [5.41, 5.74) is 0.375. The van der Waals surface area contributed by atoms with Crippen LogP contribution in [0.3, 0.4) is 0 Å². The maximum absolute atomic E-state index is 12.9. The van der Waals surface area contributed by atoms with E-state index in [4.69, 9.17) is 4.74 Å². The van der Waals surface area contributed by atoms with Crippen molar-refractivity contribution < 1.29 is 19.1 Å². The first-order chi connectivity index (χ1) is 13.3. The fourth-order valence-corrected chi connectivity index (χ4v) is 3.16. The fourth-order valence-electron chi connectivity index (χ4n) is 3.16. The second-order valence-corrected chi connectivity index (χ2v) is 6.91. The Bertz CT molecular complexity index is 882. The van der Waals surface area contributed by atoms with Gasteiger partial charge in [-0.1, -0.05) is 42.5 Å². The largest absolute Gasteiger partial charge is 0.497 e. The van der Waals surface area contributed by atoms with Crippen LogP contribution in [0.15, 0.2) is 54.6 Å². The van der Waals surface area contributed by atoms with Crippen LogP contribution >= 0.6 is 0 Å². The SMILES string of the molecule is COc1ccc(C2(C)NC(=O)N(CC(=O)N(C)Cc3ccccc3)C2=O)cc1. The van der Waals surface area contributed by atoms with E-state index >= 15 is 0 Å². The summed E-state index contributed by atoms with van der Waals surface area (Å²) < 4.78 is 5.13. The average Bonchev–Trinajstić information content (AvgIpc) is 2.92. The van der Waals surface area contributed by atoms with Crippen molar-refractivity contribution in [3.8, 4) is 5.75 Å². The van der Waals surface area contributed by atoms with Crippen LogP contribution in [-0.4, -0.2) is 48.3 Å². The van der Waals surface area contributed by atoms with Gasteiger partial charge in [-0.2, -0.15) is 0 Å². The van der Waals surface area contributed by atoms with Gasteiger partial charge in [0.05, 0.1) is 7.11 Å². The summed E-state index contributed by atoms with van der Waals surface area (Å²) in [5, 5.41) is 2.70. The van der Waals surface area contributed by atoms with Crippen molar-refractivity contribution in [3.63, 3.8) is 0 Å². The summed E-state index contributed by atoms with van der Waals surface area (Å²) in [6.45, 7) is 1.73. The summed E-state index contributed by atoms with van der Waals surface area (Å²) >= 11 is 0. The van der Waals surface area contributed by atoms with Crippen LogP contribution < -0.4 is 10.1 Å². The number of urea groups is 1. The molecule has 1 atom stereocenters. The van der Waals surface area contributed by atoms with Crippen LogP contribution in [0.25, 0.3) is 0 Å². The number of benzene rings is 2. The highest BCUT2D eigenvalue weighted by atomic mass is 16.5.